The first-order valence-electron chi connectivity index (χ1n) is 6.38. The molecule has 1 aliphatic heterocycles. The van der Waals surface area contributed by atoms with Crippen LogP contribution in [-0.2, 0) is 0 Å². The predicted octanol–water partition coefficient (Wildman–Crippen LogP) is 3.70. The number of nitrogens with one attached hydrogen (secondary N) is 2. The van der Waals surface area contributed by atoms with Gasteiger partial charge in [0.15, 0.2) is 0 Å². The molecule has 0 aliphatic carbocycles. The lowest BCUT2D eigenvalue weighted by atomic mass is 10.2. The van der Waals surface area contributed by atoms with E-state index in [0.29, 0.717) is 11.1 Å². The SMILES string of the molecule is CNc1cccc2cc(C3=NCC(CCCl)S3)[nH]c12. The van der Waals surface area contributed by atoms with E-state index in [-0.39, 0.29) is 0 Å². The van der Waals surface area contributed by atoms with Gasteiger partial charge in [0.25, 0.3) is 0 Å². The molecule has 0 radical (unpaired) electrons. The van der Waals surface area contributed by atoms with Gasteiger partial charge in [0, 0.05) is 23.6 Å². The smallest absolute Gasteiger partial charge is 0.114 e. The lowest BCUT2D eigenvalue weighted by molar-refractivity contribution is 0.848. The van der Waals surface area contributed by atoms with E-state index in [1.807, 2.05) is 18.8 Å². The molecule has 1 unspecified atom stereocenters. The molecule has 1 aliphatic rings. The van der Waals surface area contributed by atoms with Crippen molar-refractivity contribution in [3.8, 4) is 0 Å². The Morgan fingerprint density at radius 2 is 2.42 bits per heavy atom. The van der Waals surface area contributed by atoms with E-state index in [4.69, 9.17) is 11.6 Å². The normalized spacial score (nSPS) is 18.8. The number of para-hydroxylation sites is 1. The highest BCUT2D eigenvalue weighted by atomic mass is 35.5. The average Bonchev–Trinajstić information content (AvgIpc) is 3.04. The quantitative estimate of drug-likeness (QED) is 0.844. The number of halogens is 1. The molecule has 1 aromatic heterocycles. The molecular formula is C14H16ClN3S. The Labute approximate surface area is 121 Å². The Morgan fingerprint density at radius 3 is 3.21 bits per heavy atom. The summed E-state index contributed by atoms with van der Waals surface area (Å²) in [6.45, 7) is 0.876. The van der Waals surface area contributed by atoms with E-state index in [1.54, 1.807) is 0 Å². The Bertz CT molecular complexity index is 620. The number of thioether (sulfide) groups is 1. The second-order valence-corrected chi connectivity index (χ2v) is 6.23. The van der Waals surface area contributed by atoms with Gasteiger partial charge in [-0.05, 0) is 18.6 Å². The fourth-order valence-corrected chi connectivity index (χ4v) is 3.80. The molecule has 0 fully saturated rings. The van der Waals surface area contributed by atoms with Gasteiger partial charge in [0.05, 0.1) is 23.4 Å². The largest absolute Gasteiger partial charge is 0.386 e. The van der Waals surface area contributed by atoms with E-state index in [0.717, 1.165) is 34.9 Å². The van der Waals surface area contributed by atoms with Gasteiger partial charge in [-0.15, -0.1) is 11.6 Å². The van der Waals surface area contributed by atoms with Crippen LogP contribution in [0.1, 0.15) is 12.1 Å². The minimum absolute atomic E-state index is 0.530. The summed E-state index contributed by atoms with van der Waals surface area (Å²) in [5.41, 5.74) is 3.37. The van der Waals surface area contributed by atoms with Gasteiger partial charge >= 0.3 is 0 Å². The summed E-state index contributed by atoms with van der Waals surface area (Å²) < 4.78 is 0. The lowest BCUT2D eigenvalue weighted by Gasteiger charge is -2.03. The zero-order valence-electron chi connectivity index (χ0n) is 10.7. The van der Waals surface area contributed by atoms with Crippen molar-refractivity contribution in [2.24, 2.45) is 4.99 Å². The zero-order chi connectivity index (χ0) is 13.2. The van der Waals surface area contributed by atoms with Crippen molar-refractivity contribution in [3.63, 3.8) is 0 Å². The van der Waals surface area contributed by atoms with Crippen LogP contribution in [0.15, 0.2) is 29.3 Å². The lowest BCUT2D eigenvalue weighted by Crippen LogP contribution is -2.03. The number of hydrogen-bond acceptors (Lipinski definition) is 3. The second-order valence-electron chi connectivity index (χ2n) is 4.57. The van der Waals surface area contributed by atoms with Gasteiger partial charge < -0.3 is 10.3 Å². The van der Waals surface area contributed by atoms with Crippen LogP contribution in [-0.4, -0.2) is 34.8 Å². The topological polar surface area (TPSA) is 40.2 Å². The molecule has 5 heteroatoms. The minimum Gasteiger partial charge on any atom is -0.386 e. The van der Waals surface area contributed by atoms with Crippen LogP contribution in [0.5, 0.6) is 0 Å². The Kier molecular flexibility index (Phi) is 3.71. The Morgan fingerprint density at radius 1 is 1.53 bits per heavy atom. The maximum absolute atomic E-state index is 5.80. The molecule has 0 amide bonds. The van der Waals surface area contributed by atoms with Crippen LogP contribution in [0, 0.1) is 0 Å². The van der Waals surface area contributed by atoms with Crippen molar-refractivity contribution in [2.45, 2.75) is 11.7 Å². The van der Waals surface area contributed by atoms with E-state index in [2.05, 4.69) is 39.6 Å². The summed E-state index contributed by atoms with van der Waals surface area (Å²) in [5, 5.41) is 6.06. The van der Waals surface area contributed by atoms with Crippen molar-refractivity contribution < 1.29 is 0 Å². The van der Waals surface area contributed by atoms with Crippen molar-refractivity contribution in [1.29, 1.82) is 0 Å². The van der Waals surface area contributed by atoms with Crippen LogP contribution in [0.2, 0.25) is 0 Å². The highest BCUT2D eigenvalue weighted by molar-refractivity contribution is 8.15. The first-order chi connectivity index (χ1) is 9.31. The number of benzene rings is 1. The van der Waals surface area contributed by atoms with Crippen molar-refractivity contribution in [2.75, 3.05) is 24.8 Å². The summed E-state index contributed by atoms with van der Waals surface area (Å²) in [6, 6.07) is 8.42. The van der Waals surface area contributed by atoms with Gasteiger partial charge in [-0.1, -0.05) is 23.9 Å². The molecule has 2 heterocycles. The summed E-state index contributed by atoms with van der Waals surface area (Å²) >= 11 is 7.63. The highest BCUT2D eigenvalue weighted by Crippen LogP contribution is 2.31. The van der Waals surface area contributed by atoms with Crippen LogP contribution < -0.4 is 5.32 Å². The number of alkyl halides is 1. The maximum atomic E-state index is 5.80. The molecule has 19 heavy (non-hydrogen) atoms. The summed E-state index contributed by atoms with van der Waals surface area (Å²) in [6.07, 6.45) is 1.02. The van der Waals surface area contributed by atoms with Gasteiger partial charge in [0.2, 0.25) is 0 Å². The first-order valence-corrected chi connectivity index (χ1v) is 7.80. The second kappa shape index (κ2) is 5.47. The molecule has 3 nitrogen and oxygen atoms in total. The van der Waals surface area contributed by atoms with Gasteiger partial charge in [-0.3, -0.25) is 4.99 Å². The van der Waals surface area contributed by atoms with Crippen molar-refractivity contribution in [3.05, 3.63) is 30.0 Å². The monoisotopic (exact) mass is 293 g/mol. The summed E-state index contributed by atoms with van der Waals surface area (Å²) in [7, 11) is 1.94. The number of hydrogen-bond donors (Lipinski definition) is 2. The Balaban J connectivity index is 1.90. The molecule has 100 valence electrons. The molecule has 2 N–H and O–H groups in total. The van der Waals surface area contributed by atoms with Crippen LogP contribution in [0.3, 0.4) is 0 Å². The van der Waals surface area contributed by atoms with Crippen LogP contribution in [0.25, 0.3) is 10.9 Å². The standard InChI is InChI=1S/C14H16ClN3S/c1-16-11-4-2-3-9-7-12(18-13(9)11)14-17-8-10(19-14)5-6-15/h2-4,7,10,16,18H,5-6,8H2,1H3. The maximum Gasteiger partial charge on any atom is 0.114 e. The fourth-order valence-electron chi connectivity index (χ4n) is 2.32. The Hall–Kier alpha value is -1.13. The molecule has 0 saturated heterocycles. The molecule has 0 bridgehead atoms. The van der Waals surface area contributed by atoms with E-state index in [1.165, 1.54) is 5.39 Å². The molecule has 3 rings (SSSR count). The third-order valence-corrected chi connectivity index (χ3v) is 4.81. The van der Waals surface area contributed by atoms with Gasteiger partial charge in [-0.25, -0.2) is 0 Å². The number of H-pyrrole nitrogens is 1. The van der Waals surface area contributed by atoms with Crippen molar-refractivity contribution >= 4 is 45.0 Å². The van der Waals surface area contributed by atoms with E-state index >= 15 is 0 Å². The number of nitrogens with zero attached hydrogens (tertiary/aromatic N) is 1. The number of aliphatic imine (C=N–C) groups is 1. The zero-order valence-corrected chi connectivity index (χ0v) is 12.3. The number of anilines is 1. The molecular weight excluding hydrogens is 278 g/mol. The summed E-state index contributed by atoms with van der Waals surface area (Å²) in [4.78, 5) is 8.10. The molecule has 1 aromatic carbocycles. The predicted molar refractivity (Wildman–Crippen MR) is 86.0 cm³/mol. The third kappa shape index (κ3) is 2.47. The molecule has 1 atom stereocenters. The minimum atomic E-state index is 0.530. The third-order valence-electron chi connectivity index (χ3n) is 3.30. The molecule has 2 aromatic rings. The van der Waals surface area contributed by atoms with Crippen LogP contribution >= 0.6 is 23.4 Å². The average molecular weight is 294 g/mol. The number of rotatable bonds is 4. The number of aromatic nitrogens is 1. The summed E-state index contributed by atoms with van der Waals surface area (Å²) in [5.74, 6) is 0.705. The fraction of sp³-hybridized carbons (Fsp3) is 0.357. The first kappa shape index (κ1) is 12.9. The van der Waals surface area contributed by atoms with Crippen molar-refractivity contribution in [1.82, 2.24) is 4.98 Å². The van der Waals surface area contributed by atoms with Crippen LogP contribution in [0.4, 0.5) is 5.69 Å². The van der Waals surface area contributed by atoms with Gasteiger partial charge in [-0.2, -0.15) is 0 Å². The van der Waals surface area contributed by atoms with Gasteiger partial charge in [0.1, 0.15) is 5.04 Å². The molecule has 0 spiro atoms. The van der Waals surface area contributed by atoms with E-state index in [9.17, 15) is 0 Å². The number of fused-ring (bicyclic) bond motifs is 1. The van der Waals surface area contributed by atoms with E-state index < -0.39 is 0 Å². The molecule has 0 saturated carbocycles. The number of aromatic amines is 1. The highest BCUT2D eigenvalue weighted by Gasteiger charge is 2.21.